The molecule has 124 valence electrons. The van der Waals surface area contributed by atoms with E-state index in [1.165, 1.54) is 24.3 Å². The van der Waals surface area contributed by atoms with Gasteiger partial charge >= 0.3 is 0 Å². The molecule has 0 bridgehead atoms. The van der Waals surface area contributed by atoms with Crippen molar-refractivity contribution in [3.63, 3.8) is 0 Å². The molecule has 2 aromatic heterocycles. The van der Waals surface area contributed by atoms with Gasteiger partial charge in [-0.25, -0.2) is 19.9 Å². The molecular weight excluding hydrogens is 356 g/mol. The standard InChI is InChI=1S/C14F4N8/c15-11-7(5(1-19)2-20)23-13(17)9(25-11)10-14(18)24-8(12(16)26-10)6(3-21)4-22/b10-9+. The normalized spacial score (nSPS) is 10.8. The van der Waals surface area contributed by atoms with E-state index in [9.17, 15) is 17.6 Å². The molecular formula is C14F4N8. The van der Waals surface area contributed by atoms with E-state index in [0.29, 0.717) is 0 Å². The van der Waals surface area contributed by atoms with Crippen molar-refractivity contribution in [1.29, 1.82) is 21.0 Å². The number of hydrogen-bond donors (Lipinski definition) is 0. The first-order valence-corrected chi connectivity index (χ1v) is 6.19. The van der Waals surface area contributed by atoms with E-state index in [4.69, 9.17) is 21.0 Å². The highest BCUT2D eigenvalue weighted by Crippen LogP contribution is 2.00. The van der Waals surface area contributed by atoms with Gasteiger partial charge in [0.25, 0.3) is 0 Å². The lowest BCUT2D eigenvalue weighted by molar-refractivity contribution is 0.485. The number of rotatable bonds is 0. The van der Waals surface area contributed by atoms with Crippen molar-refractivity contribution in [2.24, 2.45) is 0 Å². The first kappa shape index (κ1) is 17.9. The summed E-state index contributed by atoms with van der Waals surface area (Å²) in [4.78, 5) is 12.0. The van der Waals surface area contributed by atoms with Crippen LogP contribution in [0.3, 0.4) is 0 Å². The van der Waals surface area contributed by atoms with Crippen molar-refractivity contribution in [2.75, 3.05) is 0 Å². The molecule has 0 saturated carbocycles. The summed E-state index contributed by atoms with van der Waals surface area (Å²) in [5.41, 5.74) is -1.79. The van der Waals surface area contributed by atoms with E-state index in [1.54, 1.807) is 0 Å². The molecule has 0 saturated heterocycles. The molecule has 26 heavy (non-hydrogen) atoms. The fourth-order valence-electron chi connectivity index (χ4n) is 1.67. The van der Waals surface area contributed by atoms with Crippen molar-refractivity contribution in [3.05, 3.63) is 45.2 Å². The Morgan fingerprint density at radius 2 is 0.846 bits per heavy atom. The molecule has 0 aromatic carbocycles. The van der Waals surface area contributed by atoms with Gasteiger partial charge in [-0.05, 0) is 0 Å². The van der Waals surface area contributed by atoms with Gasteiger partial charge in [0, 0.05) is 0 Å². The Bertz CT molecular complexity index is 1190. The summed E-state index contributed by atoms with van der Waals surface area (Å²) in [5, 5.41) is 30.1. The molecule has 0 atom stereocenters. The molecule has 0 radical (unpaired) electrons. The van der Waals surface area contributed by atoms with E-state index in [1.807, 2.05) is 0 Å². The van der Waals surface area contributed by atoms with Gasteiger partial charge in [-0.3, -0.25) is 0 Å². The summed E-state index contributed by atoms with van der Waals surface area (Å²) in [7, 11) is 0. The maximum atomic E-state index is 14.0. The van der Waals surface area contributed by atoms with Crippen molar-refractivity contribution in [3.8, 4) is 24.3 Å². The second kappa shape index (κ2) is 7.00. The van der Waals surface area contributed by atoms with Gasteiger partial charge in [0.2, 0.25) is 23.8 Å². The lowest BCUT2D eigenvalue weighted by Crippen LogP contribution is -2.22. The second-order valence-corrected chi connectivity index (χ2v) is 4.20. The Balaban J connectivity index is 3.10. The Labute approximate surface area is 140 Å². The number of halogens is 4. The van der Waals surface area contributed by atoms with Gasteiger partial charge in [-0.2, -0.15) is 38.6 Å². The summed E-state index contributed by atoms with van der Waals surface area (Å²) in [6.07, 6.45) is 0. The third-order valence-electron chi connectivity index (χ3n) is 2.77. The quantitative estimate of drug-likeness (QED) is 0.574. The van der Waals surface area contributed by atoms with Crippen LogP contribution in [0.2, 0.25) is 0 Å². The molecule has 0 aliphatic rings. The zero-order valence-electron chi connectivity index (χ0n) is 12.1. The van der Waals surface area contributed by atoms with Crippen LogP contribution in [0.5, 0.6) is 0 Å². The van der Waals surface area contributed by atoms with Crippen LogP contribution in [-0.2, 0) is 0 Å². The third-order valence-corrected chi connectivity index (χ3v) is 2.77. The first-order chi connectivity index (χ1) is 12.4. The maximum absolute atomic E-state index is 14.0. The SMILES string of the molecule is N#CC(C#N)=c1nc(F)/c(=c2\nc(F)c(=C(C#N)C#N)nc2F)nc1F. The molecule has 0 amide bonds. The monoisotopic (exact) mass is 356 g/mol. The zero-order valence-corrected chi connectivity index (χ0v) is 12.1. The fourth-order valence-corrected chi connectivity index (χ4v) is 1.67. The van der Waals surface area contributed by atoms with E-state index >= 15 is 0 Å². The second-order valence-electron chi connectivity index (χ2n) is 4.20. The van der Waals surface area contributed by atoms with Crippen molar-refractivity contribution in [2.45, 2.75) is 0 Å². The minimum absolute atomic E-state index is 0.893. The van der Waals surface area contributed by atoms with E-state index in [-0.39, 0.29) is 0 Å². The molecule has 0 unspecified atom stereocenters. The summed E-state index contributed by atoms with van der Waals surface area (Å²) in [5.74, 6) is -6.53. The Morgan fingerprint density at radius 1 is 0.538 bits per heavy atom. The highest BCUT2D eigenvalue weighted by atomic mass is 19.1. The van der Waals surface area contributed by atoms with Crippen LogP contribution in [0.15, 0.2) is 0 Å². The molecule has 12 heteroatoms. The van der Waals surface area contributed by atoms with E-state index in [2.05, 4.69) is 19.9 Å². The molecule has 2 rings (SSSR count). The number of aromatic nitrogens is 4. The Morgan fingerprint density at radius 3 is 1.12 bits per heavy atom. The molecule has 2 aromatic rings. The van der Waals surface area contributed by atoms with Crippen LogP contribution in [0.4, 0.5) is 17.6 Å². The van der Waals surface area contributed by atoms with E-state index < -0.39 is 56.3 Å². The van der Waals surface area contributed by atoms with Gasteiger partial charge in [0.15, 0.2) is 21.8 Å². The van der Waals surface area contributed by atoms with Crippen LogP contribution in [0.1, 0.15) is 0 Å². The number of nitriles is 4. The maximum Gasteiger partial charge on any atom is 0.242 e. The summed E-state index contributed by atoms with van der Waals surface area (Å²) < 4.78 is 55.8. The van der Waals surface area contributed by atoms with Crippen LogP contribution < -0.4 is 10.7 Å². The van der Waals surface area contributed by atoms with E-state index in [0.717, 1.165) is 0 Å². The predicted molar refractivity (Wildman–Crippen MR) is 70.1 cm³/mol. The van der Waals surface area contributed by atoms with Crippen molar-refractivity contribution in [1.82, 2.24) is 19.9 Å². The van der Waals surface area contributed by atoms with Gasteiger partial charge in [0.1, 0.15) is 35.0 Å². The van der Waals surface area contributed by atoms with Gasteiger partial charge in [-0.15, -0.1) is 0 Å². The Kier molecular flexibility index (Phi) is 4.82. The molecule has 2 heterocycles. The average molecular weight is 356 g/mol. The van der Waals surface area contributed by atoms with Gasteiger partial charge in [0.05, 0.1) is 0 Å². The van der Waals surface area contributed by atoms with Crippen LogP contribution >= 0.6 is 0 Å². The fraction of sp³-hybridized carbons (Fsp3) is 0. The largest absolute Gasteiger partial charge is 0.242 e. The Hall–Kier alpha value is -4.42. The molecule has 0 spiro atoms. The molecule has 0 aliphatic heterocycles. The molecule has 0 N–H and O–H groups in total. The molecule has 8 nitrogen and oxygen atoms in total. The average Bonchev–Trinajstić information content (AvgIpc) is 2.62. The highest BCUT2D eigenvalue weighted by molar-refractivity contribution is 5.71. The number of hydrogen-bond acceptors (Lipinski definition) is 8. The van der Waals surface area contributed by atoms with Gasteiger partial charge in [-0.1, -0.05) is 0 Å². The van der Waals surface area contributed by atoms with Crippen molar-refractivity contribution < 1.29 is 17.6 Å². The molecule has 0 fully saturated rings. The minimum atomic E-state index is -1.66. The first-order valence-electron chi connectivity index (χ1n) is 6.19. The number of nitrogens with zero attached hydrogens (tertiary/aromatic N) is 8. The lowest BCUT2D eigenvalue weighted by atomic mass is 10.3. The van der Waals surface area contributed by atoms with Crippen molar-refractivity contribution >= 4 is 11.1 Å². The lowest BCUT2D eigenvalue weighted by Gasteiger charge is -1.96. The highest BCUT2D eigenvalue weighted by Gasteiger charge is 2.14. The predicted octanol–water partition coefficient (Wildman–Crippen LogP) is -0.494. The van der Waals surface area contributed by atoms with Crippen LogP contribution in [0, 0.1) is 79.8 Å². The third kappa shape index (κ3) is 2.99. The van der Waals surface area contributed by atoms with Gasteiger partial charge < -0.3 is 0 Å². The topological polar surface area (TPSA) is 147 Å². The summed E-state index contributed by atoms with van der Waals surface area (Å²) in [6, 6.07) is 5.08. The van der Waals surface area contributed by atoms with Crippen LogP contribution in [0.25, 0.3) is 11.1 Å². The molecule has 0 aliphatic carbocycles. The smallest absolute Gasteiger partial charge is 0.211 e. The van der Waals surface area contributed by atoms with Crippen LogP contribution in [-0.4, -0.2) is 19.9 Å². The summed E-state index contributed by atoms with van der Waals surface area (Å²) in [6.45, 7) is 0. The summed E-state index contributed by atoms with van der Waals surface area (Å²) >= 11 is 0. The zero-order chi connectivity index (χ0) is 19.4. The minimum Gasteiger partial charge on any atom is -0.211 e.